The predicted octanol–water partition coefficient (Wildman–Crippen LogP) is -0.226. The van der Waals surface area contributed by atoms with Gasteiger partial charge in [0.15, 0.2) is 0 Å². The SMILES string of the molecule is COC(=O)C1(N)CCN(C(=O)[C@@H](CCCCN)NC(=O)[C@@H](CCC(N)=O)NC(=O)[C@@H](Cc2ccccc2)NC(=O)[C@H](N)Cc2ccccc2)CC1.O=C(O)C(F)(F)F. The first-order valence-electron chi connectivity index (χ1n) is 18.5. The fourth-order valence-electron chi connectivity index (χ4n) is 5.90. The lowest BCUT2D eigenvalue weighted by Gasteiger charge is -2.38. The molecule has 1 aliphatic heterocycles. The van der Waals surface area contributed by atoms with Gasteiger partial charge >= 0.3 is 18.1 Å². The number of carbonyl (C=O) groups is 7. The van der Waals surface area contributed by atoms with E-state index in [0.29, 0.717) is 19.4 Å². The number of amides is 5. The van der Waals surface area contributed by atoms with Crippen LogP contribution in [0.3, 0.4) is 0 Å². The van der Waals surface area contributed by atoms with Crippen LogP contribution in [0.15, 0.2) is 60.7 Å². The third kappa shape index (κ3) is 16.5. The molecule has 58 heavy (non-hydrogen) atoms. The van der Waals surface area contributed by atoms with Crippen LogP contribution in [-0.2, 0) is 51.1 Å². The number of piperidine rings is 1. The second-order valence-corrected chi connectivity index (χ2v) is 13.7. The molecule has 0 unspecified atom stereocenters. The summed E-state index contributed by atoms with van der Waals surface area (Å²) in [4.78, 5) is 89.0. The summed E-state index contributed by atoms with van der Waals surface area (Å²) >= 11 is 0. The number of nitrogens with one attached hydrogen (secondary N) is 3. The number of rotatable bonds is 19. The van der Waals surface area contributed by atoms with E-state index in [-0.39, 0.29) is 63.9 Å². The summed E-state index contributed by atoms with van der Waals surface area (Å²) in [7, 11) is 1.25. The van der Waals surface area contributed by atoms with Gasteiger partial charge in [0.1, 0.15) is 23.7 Å². The number of alkyl halides is 3. The summed E-state index contributed by atoms with van der Waals surface area (Å²) in [6, 6.07) is 13.9. The van der Waals surface area contributed by atoms with Crippen molar-refractivity contribution in [3.05, 3.63) is 71.8 Å². The molecule has 3 rings (SSSR count). The van der Waals surface area contributed by atoms with Gasteiger partial charge in [-0.15, -0.1) is 0 Å². The Balaban J connectivity index is 0.00000151. The highest BCUT2D eigenvalue weighted by Gasteiger charge is 2.41. The Hall–Kier alpha value is -5.60. The number of hydrogen-bond acceptors (Lipinski definition) is 11. The lowest BCUT2D eigenvalue weighted by atomic mass is 9.88. The lowest BCUT2D eigenvalue weighted by molar-refractivity contribution is -0.192. The number of primary amides is 1. The Labute approximate surface area is 333 Å². The van der Waals surface area contributed by atoms with E-state index in [1.54, 1.807) is 24.3 Å². The molecule has 0 aliphatic carbocycles. The molecule has 1 heterocycles. The standard InChI is InChI=1S/C36H52N8O7.C2HF3O2/c1-51-35(50)36(40)17-20-44(21-18-36)34(49)28(14-8-9-19-37)42-32(47)27(15-16-30(39)45)41-33(48)29(23-25-12-6-3-7-13-25)43-31(46)26(38)22-24-10-4-2-5-11-24;3-2(4,5)1(6)7/h2-7,10-13,26-29H,8-9,14-23,37-38,40H2,1H3,(H2,39,45)(H,41,48)(H,42,47)(H,43,46);(H,6,7)/t26-,27-,28-,29-;/m1./s1. The molecule has 320 valence electrons. The molecule has 0 aromatic heterocycles. The van der Waals surface area contributed by atoms with Gasteiger partial charge in [0, 0.05) is 25.9 Å². The van der Waals surface area contributed by atoms with Crippen LogP contribution < -0.4 is 38.9 Å². The molecular weight excluding hydrogens is 769 g/mol. The lowest BCUT2D eigenvalue weighted by Crippen LogP contribution is -2.61. The number of hydrogen-bond donors (Lipinski definition) is 8. The molecular formula is C38H53F3N8O9. The number of carboxylic acids is 1. The molecule has 2 aromatic carbocycles. The number of methoxy groups -OCH3 is 1. The van der Waals surface area contributed by atoms with Gasteiger partial charge in [0.2, 0.25) is 29.5 Å². The van der Waals surface area contributed by atoms with E-state index in [1.807, 2.05) is 36.4 Å². The van der Waals surface area contributed by atoms with Crippen molar-refractivity contribution < 1.29 is 56.6 Å². The fraction of sp³-hybridized carbons (Fsp3) is 0.500. The van der Waals surface area contributed by atoms with Gasteiger partial charge < -0.3 is 53.6 Å². The van der Waals surface area contributed by atoms with Crippen LogP contribution in [0.25, 0.3) is 0 Å². The van der Waals surface area contributed by atoms with Crippen LogP contribution in [0.2, 0.25) is 0 Å². The molecule has 5 amide bonds. The first-order chi connectivity index (χ1) is 27.3. The van der Waals surface area contributed by atoms with Gasteiger partial charge in [-0.1, -0.05) is 60.7 Å². The van der Waals surface area contributed by atoms with E-state index < -0.39 is 71.4 Å². The summed E-state index contributed by atoms with van der Waals surface area (Å²) in [5, 5.41) is 15.3. The van der Waals surface area contributed by atoms with E-state index in [0.717, 1.165) is 11.1 Å². The first-order valence-corrected chi connectivity index (χ1v) is 18.5. The molecule has 0 saturated carbocycles. The highest BCUT2D eigenvalue weighted by Crippen LogP contribution is 2.22. The number of carboxylic acid groups (broad SMARTS) is 1. The van der Waals surface area contributed by atoms with Crippen LogP contribution in [0.4, 0.5) is 13.2 Å². The maximum absolute atomic E-state index is 13.8. The molecule has 1 fully saturated rings. The van der Waals surface area contributed by atoms with Crippen LogP contribution in [-0.4, -0.2) is 114 Å². The minimum absolute atomic E-state index is 0.0873. The van der Waals surface area contributed by atoms with Crippen molar-refractivity contribution in [2.45, 2.75) is 93.7 Å². The normalized spacial score (nSPS) is 15.5. The van der Waals surface area contributed by atoms with Gasteiger partial charge in [-0.3, -0.25) is 28.8 Å². The van der Waals surface area contributed by atoms with Gasteiger partial charge in [-0.05, 0) is 62.6 Å². The summed E-state index contributed by atoms with van der Waals surface area (Å²) in [5.74, 6) is -6.35. The van der Waals surface area contributed by atoms with E-state index in [9.17, 15) is 41.9 Å². The summed E-state index contributed by atoms with van der Waals surface area (Å²) < 4.78 is 36.6. The monoisotopic (exact) mass is 822 g/mol. The van der Waals surface area contributed by atoms with Gasteiger partial charge in [-0.2, -0.15) is 13.2 Å². The van der Waals surface area contributed by atoms with Crippen molar-refractivity contribution in [2.75, 3.05) is 26.7 Å². The molecule has 1 saturated heterocycles. The Morgan fingerprint density at radius 2 is 1.28 bits per heavy atom. The number of carbonyl (C=O) groups excluding carboxylic acids is 6. The van der Waals surface area contributed by atoms with Gasteiger partial charge in [0.25, 0.3) is 0 Å². The minimum Gasteiger partial charge on any atom is -0.475 e. The second kappa shape index (κ2) is 23.6. The first kappa shape index (κ1) is 48.5. The van der Waals surface area contributed by atoms with Crippen molar-refractivity contribution in [1.29, 1.82) is 0 Å². The third-order valence-corrected chi connectivity index (χ3v) is 9.23. The van der Waals surface area contributed by atoms with Crippen molar-refractivity contribution in [2.24, 2.45) is 22.9 Å². The quantitative estimate of drug-likeness (QED) is 0.0674. The number of benzene rings is 2. The minimum atomic E-state index is -5.08. The second-order valence-electron chi connectivity index (χ2n) is 13.7. The Bertz CT molecular complexity index is 1680. The Morgan fingerprint density at radius 1 is 0.793 bits per heavy atom. The number of nitrogens with zero attached hydrogens (tertiary/aromatic N) is 1. The van der Waals surface area contributed by atoms with Crippen LogP contribution >= 0.6 is 0 Å². The van der Waals surface area contributed by atoms with E-state index in [2.05, 4.69) is 16.0 Å². The average Bonchev–Trinajstić information content (AvgIpc) is 3.18. The summed E-state index contributed by atoms with van der Waals surface area (Å²) in [5.41, 5.74) is 23.9. The van der Waals surface area contributed by atoms with Crippen molar-refractivity contribution in [1.82, 2.24) is 20.9 Å². The molecule has 17 nitrogen and oxygen atoms in total. The fourth-order valence-corrected chi connectivity index (χ4v) is 5.90. The number of halogens is 3. The van der Waals surface area contributed by atoms with E-state index >= 15 is 0 Å². The molecule has 1 aliphatic rings. The van der Waals surface area contributed by atoms with Crippen LogP contribution in [0, 0.1) is 0 Å². The topological polar surface area (TPSA) is 292 Å². The maximum atomic E-state index is 13.8. The number of unbranched alkanes of at least 4 members (excludes halogenated alkanes) is 1. The van der Waals surface area contributed by atoms with Crippen molar-refractivity contribution in [3.63, 3.8) is 0 Å². The molecule has 12 N–H and O–H groups in total. The highest BCUT2D eigenvalue weighted by molar-refractivity contribution is 5.95. The zero-order valence-corrected chi connectivity index (χ0v) is 32.2. The average molecular weight is 823 g/mol. The Morgan fingerprint density at radius 3 is 1.76 bits per heavy atom. The molecule has 2 aromatic rings. The van der Waals surface area contributed by atoms with E-state index in [4.69, 9.17) is 37.6 Å². The summed E-state index contributed by atoms with van der Waals surface area (Å²) in [6.45, 7) is 0.722. The Kier molecular flexibility index (Phi) is 19.7. The molecule has 0 bridgehead atoms. The number of likely N-dealkylation sites (tertiary alicyclic amines) is 1. The molecule has 20 heteroatoms. The summed E-state index contributed by atoms with van der Waals surface area (Å²) in [6.07, 6.45) is -3.42. The number of nitrogens with two attached hydrogens (primary N) is 4. The molecule has 0 spiro atoms. The number of esters is 1. The van der Waals surface area contributed by atoms with E-state index in [1.165, 1.54) is 12.0 Å². The number of ether oxygens (including phenoxy) is 1. The molecule has 4 atom stereocenters. The highest BCUT2D eigenvalue weighted by atomic mass is 19.4. The maximum Gasteiger partial charge on any atom is 0.490 e. The van der Waals surface area contributed by atoms with Crippen LogP contribution in [0.5, 0.6) is 0 Å². The smallest absolute Gasteiger partial charge is 0.475 e. The van der Waals surface area contributed by atoms with Gasteiger partial charge in [-0.25, -0.2) is 4.79 Å². The molecule has 0 radical (unpaired) electrons. The van der Waals surface area contributed by atoms with Crippen molar-refractivity contribution in [3.8, 4) is 0 Å². The third-order valence-electron chi connectivity index (χ3n) is 9.23. The van der Waals surface area contributed by atoms with Gasteiger partial charge in [0.05, 0.1) is 13.2 Å². The largest absolute Gasteiger partial charge is 0.490 e. The predicted molar refractivity (Wildman–Crippen MR) is 204 cm³/mol. The van der Waals surface area contributed by atoms with Crippen LogP contribution in [0.1, 0.15) is 56.1 Å². The zero-order valence-electron chi connectivity index (χ0n) is 32.2. The van der Waals surface area contributed by atoms with Crippen molar-refractivity contribution >= 4 is 41.5 Å². The number of aliphatic carboxylic acids is 1. The zero-order chi connectivity index (χ0) is 43.5.